The molecule has 0 saturated carbocycles. The Labute approximate surface area is 154 Å². The third-order valence-corrected chi connectivity index (χ3v) is 6.22. The van der Waals surface area contributed by atoms with Gasteiger partial charge in [0.15, 0.2) is 6.29 Å². The maximum Gasteiger partial charge on any atom is 0.154 e. The highest BCUT2D eigenvalue weighted by Gasteiger charge is 2.27. The van der Waals surface area contributed by atoms with E-state index in [4.69, 9.17) is 4.98 Å². The minimum Gasteiger partial charge on any atom is -0.365 e. The Morgan fingerprint density at radius 2 is 1.32 bits per heavy atom. The molecule has 1 aromatic rings. The summed E-state index contributed by atoms with van der Waals surface area (Å²) in [5, 5.41) is 7.25. The van der Waals surface area contributed by atoms with E-state index in [1.807, 2.05) is 13.0 Å². The topological polar surface area (TPSA) is 54.0 Å². The highest BCUT2D eigenvalue weighted by Crippen LogP contribution is 2.31. The van der Waals surface area contributed by atoms with Crippen molar-refractivity contribution in [2.24, 2.45) is 0 Å². The molecule has 0 aliphatic carbocycles. The Kier molecular flexibility index (Phi) is 7.91. The fraction of sp³-hybridized carbons (Fsp3) is 0.714. The van der Waals surface area contributed by atoms with E-state index in [0.29, 0.717) is 11.4 Å². The molecule has 0 spiro atoms. The monoisotopic (exact) mass is 347 g/mol. The minimum absolute atomic E-state index is 0.0207. The molecule has 0 fully saturated rings. The summed E-state index contributed by atoms with van der Waals surface area (Å²) < 4.78 is 0. The summed E-state index contributed by atoms with van der Waals surface area (Å²) in [6.07, 6.45) is 7.05. The number of anilines is 2. The van der Waals surface area contributed by atoms with E-state index in [2.05, 4.69) is 52.2 Å². The van der Waals surface area contributed by atoms with Crippen LogP contribution in [0.3, 0.4) is 0 Å². The quantitative estimate of drug-likeness (QED) is 0.485. The Balaban J connectivity index is 3.33. The van der Waals surface area contributed by atoms with Gasteiger partial charge in [0.05, 0.1) is 5.56 Å². The lowest BCUT2D eigenvalue weighted by Crippen LogP contribution is -2.38. The number of carbonyl (C=O) groups excluding carboxylic acids is 1. The predicted octanol–water partition coefficient (Wildman–Crippen LogP) is 5.96. The van der Waals surface area contributed by atoms with Crippen LogP contribution in [0.4, 0.5) is 11.6 Å². The molecule has 1 heterocycles. The standard InChI is InChI=1S/C21H37N3O/c1-8-20(9-2,10-3)23-18-14-16(7)17(15-25)19(22-18)24-21(11-4,12-5)13-6/h14-15H,8-13H2,1-7H3,(H2,22,23,24). The van der Waals surface area contributed by atoms with Crippen LogP contribution in [0.5, 0.6) is 0 Å². The fourth-order valence-electron chi connectivity index (χ4n) is 3.54. The SMILES string of the molecule is CCC(CC)(CC)Nc1cc(C)c(C=O)c(NC(CC)(CC)CC)n1. The largest absolute Gasteiger partial charge is 0.365 e. The van der Waals surface area contributed by atoms with Gasteiger partial charge in [-0.3, -0.25) is 4.79 Å². The molecular weight excluding hydrogens is 310 g/mol. The van der Waals surface area contributed by atoms with Crippen LogP contribution in [0.2, 0.25) is 0 Å². The molecule has 0 amide bonds. The van der Waals surface area contributed by atoms with Crippen LogP contribution in [0.25, 0.3) is 0 Å². The average Bonchev–Trinajstić information content (AvgIpc) is 2.64. The average molecular weight is 348 g/mol. The lowest BCUT2D eigenvalue weighted by Gasteiger charge is -2.35. The number of aryl methyl sites for hydroxylation is 1. The molecule has 1 aromatic heterocycles. The van der Waals surface area contributed by atoms with Gasteiger partial charge in [0.25, 0.3) is 0 Å². The van der Waals surface area contributed by atoms with Gasteiger partial charge < -0.3 is 10.6 Å². The van der Waals surface area contributed by atoms with Crippen LogP contribution in [-0.4, -0.2) is 22.3 Å². The summed E-state index contributed by atoms with van der Waals surface area (Å²) in [5.74, 6) is 1.56. The van der Waals surface area contributed by atoms with Crippen LogP contribution in [-0.2, 0) is 0 Å². The molecule has 142 valence electrons. The van der Waals surface area contributed by atoms with Crippen molar-refractivity contribution >= 4 is 17.9 Å². The summed E-state index contributed by atoms with van der Waals surface area (Å²) in [7, 11) is 0. The van der Waals surface area contributed by atoms with Crippen molar-refractivity contribution in [2.45, 2.75) is 98.1 Å². The molecule has 0 unspecified atom stereocenters. The molecular formula is C21H37N3O. The van der Waals surface area contributed by atoms with Gasteiger partial charge in [-0.15, -0.1) is 0 Å². The van der Waals surface area contributed by atoms with Crippen LogP contribution in [0.15, 0.2) is 6.07 Å². The van der Waals surface area contributed by atoms with E-state index < -0.39 is 0 Å². The molecule has 4 nitrogen and oxygen atoms in total. The number of hydrogen-bond acceptors (Lipinski definition) is 4. The van der Waals surface area contributed by atoms with Gasteiger partial charge in [0, 0.05) is 11.1 Å². The maximum absolute atomic E-state index is 11.7. The van der Waals surface area contributed by atoms with Gasteiger partial charge in [-0.2, -0.15) is 0 Å². The van der Waals surface area contributed by atoms with E-state index >= 15 is 0 Å². The van der Waals surface area contributed by atoms with Crippen molar-refractivity contribution < 1.29 is 4.79 Å². The number of nitrogens with zero attached hydrogens (tertiary/aromatic N) is 1. The van der Waals surface area contributed by atoms with Gasteiger partial charge in [0.1, 0.15) is 11.6 Å². The highest BCUT2D eigenvalue weighted by molar-refractivity contribution is 5.85. The number of carbonyl (C=O) groups is 1. The van der Waals surface area contributed by atoms with E-state index in [9.17, 15) is 4.79 Å². The second-order valence-corrected chi connectivity index (χ2v) is 7.14. The Hall–Kier alpha value is -1.58. The first-order valence-electron chi connectivity index (χ1n) is 9.91. The molecule has 0 aliphatic heterocycles. The first kappa shape index (κ1) is 21.5. The summed E-state index contributed by atoms with van der Waals surface area (Å²) in [6.45, 7) is 15.2. The molecule has 25 heavy (non-hydrogen) atoms. The Morgan fingerprint density at radius 1 is 0.880 bits per heavy atom. The number of rotatable bonds is 11. The predicted molar refractivity (Wildman–Crippen MR) is 109 cm³/mol. The van der Waals surface area contributed by atoms with E-state index in [0.717, 1.165) is 56.2 Å². The third-order valence-electron chi connectivity index (χ3n) is 6.22. The summed E-state index contributed by atoms with van der Waals surface area (Å²) >= 11 is 0. The van der Waals surface area contributed by atoms with Crippen LogP contribution >= 0.6 is 0 Å². The van der Waals surface area contributed by atoms with Crippen molar-refractivity contribution in [2.75, 3.05) is 10.6 Å². The molecule has 2 N–H and O–H groups in total. The third kappa shape index (κ3) is 4.74. The van der Waals surface area contributed by atoms with Gasteiger partial charge in [0.2, 0.25) is 0 Å². The normalized spacial score (nSPS) is 12.1. The lowest BCUT2D eigenvalue weighted by molar-refractivity contribution is 0.112. The molecule has 1 rings (SSSR count). The molecule has 0 saturated heterocycles. The van der Waals surface area contributed by atoms with Gasteiger partial charge in [-0.05, 0) is 57.1 Å². The molecule has 0 radical (unpaired) electrons. The molecule has 0 aliphatic rings. The second-order valence-electron chi connectivity index (χ2n) is 7.14. The zero-order chi connectivity index (χ0) is 19.1. The van der Waals surface area contributed by atoms with Crippen molar-refractivity contribution in [1.29, 1.82) is 0 Å². The highest BCUT2D eigenvalue weighted by atomic mass is 16.1. The first-order chi connectivity index (χ1) is 11.9. The summed E-state index contributed by atoms with van der Waals surface area (Å²) in [5.41, 5.74) is 1.66. The Bertz CT molecular complexity index is 544. The lowest BCUT2D eigenvalue weighted by atomic mass is 9.89. The first-order valence-corrected chi connectivity index (χ1v) is 9.91. The van der Waals surface area contributed by atoms with Crippen molar-refractivity contribution in [3.05, 3.63) is 17.2 Å². The zero-order valence-electron chi connectivity index (χ0n) is 17.3. The smallest absolute Gasteiger partial charge is 0.154 e. The summed E-state index contributed by atoms with van der Waals surface area (Å²) in [4.78, 5) is 16.5. The number of aldehydes is 1. The Morgan fingerprint density at radius 3 is 1.72 bits per heavy atom. The number of aromatic nitrogens is 1. The molecule has 0 atom stereocenters. The number of pyridine rings is 1. The van der Waals surface area contributed by atoms with Gasteiger partial charge >= 0.3 is 0 Å². The minimum atomic E-state index is -0.0207. The van der Waals surface area contributed by atoms with Gasteiger partial charge in [-0.1, -0.05) is 41.5 Å². The van der Waals surface area contributed by atoms with Crippen molar-refractivity contribution in [1.82, 2.24) is 4.98 Å². The fourth-order valence-corrected chi connectivity index (χ4v) is 3.54. The van der Waals surface area contributed by atoms with E-state index in [-0.39, 0.29) is 11.1 Å². The molecule has 0 bridgehead atoms. The number of nitrogens with one attached hydrogen (secondary N) is 2. The molecule has 4 heteroatoms. The van der Waals surface area contributed by atoms with E-state index in [1.165, 1.54) is 0 Å². The molecule has 0 aromatic carbocycles. The zero-order valence-corrected chi connectivity index (χ0v) is 17.3. The van der Waals surface area contributed by atoms with Crippen LogP contribution in [0, 0.1) is 6.92 Å². The number of hydrogen-bond donors (Lipinski definition) is 2. The van der Waals surface area contributed by atoms with Crippen LogP contribution < -0.4 is 10.6 Å². The second kappa shape index (κ2) is 9.21. The van der Waals surface area contributed by atoms with E-state index in [1.54, 1.807) is 0 Å². The maximum atomic E-state index is 11.7. The van der Waals surface area contributed by atoms with Crippen molar-refractivity contribution in [3.63, 3.8) is 0 Å². The van der Waals surface area contributed by atoms with Gasteiger partial charge in [-0.25, -0.2) is 4.98 Å². The van der Waals surface area contributed by atoms with Crippen molar-refractivity contribution in [3.8, 4) is 0 Å². The van der Waals surface area contributed by atoms with Crippen LogP contribution in [0.1, 0.15) is 96.0 Å². The summed E-state index contributed by atoms with van der Waals surface area (Å²) in [6, 6.07) is 2.00.